The van der Waals surface area contributed by atoms with Crippen molar-refractivity contribution < 1.29 is 35.5 Å². The molecule has 1 atom stereocenters. The summed E-state index contributed by atoms with van der Waals surface area (Å²) in [5.74, 6) is -2.57. The Bertz CT molecular complexity index is 1300. The van der Waals surface area contributed by atoms with Gasteiger partial charge < -0.3 is 10.5 Å². The number of ketones is 1. The molecule has 34 heavy (non-hydrogen) atoms. The van der Waals surface area contributed by atoms with Crippen molar-refractivity contribution in [1.29, 1.82) is 0 Å². The maximum Gasteiger partial charge on any atom is 0.387 e. The summed E-state index contributed by atoms with van der Waals surface area (Å²) in [6.07, 6.45) is 1.28. The third-order valence-corrected chi connectivity index (χ3v) is 8.86. The van der Waals surface area contributed by atoms with Gasteiger partial charge in [0.2, 0.25) is 0 Å². The molecule has 1 aliphatic heterocycles. The number of alkyl halides is 3. The van der Waals surface area contributed by atoms with Crippen LogP contribution in [0.4, 0.5) is 17.6 Å². The molecule has 2 aromatic rings. The van der Waals surface area contributed by atoms with Crippen LogP contribution in [0.15, 0.2) is 35.5 Å². The number of aliphatic imine (C=N–C) groups is 1. The van der Waals surface area contributed by atoms with Crippen molar-refractivity contribution in [2.45, 2.75) is 43.1 Å². The Morgan fingerprint density at radius 2 is 1.97 bits per heavy atom. The third-order valence-electron chi connectivity index (χ3n) is 6.19. The summed E-state index contributed by atoms with van der Waals surface area (Å²) in [7, 11) is -3.89. The van der Waals surface area contributed by atoms with Crippen LogP contribution in [0.2, 0.25) is 0 Å². The van der Waals surface area contributed by atoms with Gasteiger partial charge >= 0.3 is 6.61 Å². The monoisotopic (exact) mass is 499 g/mol. The second-order valence-electron chi connectivity index (χ2n) is 8.54. The average Bonchev–Trinajstić information content (AvgIpc) is 3.56. The molecule has 0 saturated heterocycles. The van der Waals surface area contributed by atoms with Crippen LogP contribution in [0.3, 0.4) is 0 Å². The van der Waals surface area contributed by atoms with Crippen molar-refractivity contribution in [3.63, 3.8) is 0 Å². The van der Waals surface area contributed by atoms with Crippen molar-refractivity contribution in [3.8, 4) is 5.75 Å². The fourth-order valence-corrected chi connectivity index (χ4v) is 6.54. The van der Waals surface area contributed by atoms with Gasteiger partial charge in [0.05, 0.1) is 11.9 Å². The van der Waals surface area contributed by atoms with E-state index < -0.39 is 50.8 Å². The Morgan fingerprint density at radius 1 is 1.26 bits per heavy atom. The number of nitrogens with two attached hydrogens (primary N) is 1. The number of rotatable bonds is 7. The highest BCUT2D eigenvalue weighted by molar-refractivity contribution is 7.94. The van der Waals surface area contributed by atoms with Crippen molar-refractivity contribution in [3.05, 3.63) is 58.7 Å². The van der Waals surface area contributed by atoms with E-state index in [9.17, 15) is 30.8 Å². The van der Waals surface area contributed by atoms with E-state index in [4.69, 9.17) is 5.73 Å². The quantitative estimate of drug-likeness (QED) is 0.463. The van der Waals surface area contributed by atoms with Gasteiger partial charge in [-0.3, -0.25) is 9.79 Å². The fourth-order valence-electron chi connectivity index (χ4n) is 4.25. The Morgan fingerprint density at radius 3 is 2.53 bits per heavy atom. The smallest absolute Gasteiger partial charge is 0.387 e. The summed E-state index contributed by atoms with van der Waals surface area (Å²) in [5.41, 5.74) is 4.08. The maximum atomic E-state index is 14.8. The van der Waals surface area contributed by atoms with Crippen LogP contribution in [-0.4, -0.2) is 48.8 Å². The van der Waals surface area contributed by atoms with E-state index in [0.717, 1.165) is 12.3 Å². The minimum Gasteiger partial charge on any atom is -0.433 e. The van der Waals surface area contributed by atoms with Crippen LogP contribution in [0.5, 0.6) is 5.75 Å². The Hall–Kier alpha value is -3.02. The van der Waals surface area contributed by atoms with Crippen LogP contribution in [-0.2, 0) is 21.8 Å². The second-order valence-corrected chi connectivity index (χ2v) is 10.8. The number of ether oxygens (including phenoxy) is 1. The van der Waals surface area contributed by atoms with E-state index in [1.807, 2.05) is 0 Å². The van der Waals surface area contributed by atoms with E-state index in [2.05, 4.69) is 14.7 Å². The van der Waals surface area contributed by atoms with E-state index in [1.165, 1.54) is 25.1 Å². The Kier molecular flexibility index (Phi) is 5.91. The van der Waals surface area contributed by atoms with Gasteiger partial charge in [0, 0.05) is 12.0 Å². The van der Waals surface area contributed by atoms with Gasteiger partial charge in [0.15, 0.2) is 15.6 Å². The summed E-state index contributed by atoms with van der Waals surface area (Å²) in [4.78, 5) is 20.8. The number of pyridine rings is 1. The lowest BCUT2D eigenvalue weighted by molar-refractivity contribution is -0.0501. The molecule has 2 heterocycles. The van der Waals surface area contributed by atoms with E-state index >= 15 is 0 Å². The lowest BCUT2D eigenvalue weighted by Crippen LogP contribution is -2.52. The van der Waals surface area contributed by atoms with Crippen molar-refractivity contribution in [2.24, 2.45) is 10.7 Å². The second kappa shape index (κ2) is 8.33. The molecule has 4 rings (SSSR count). The summed E-state index contributed by atoms with van der Waals surface area (Å²) in [5, 5.41) is 0. The van der Waals surface area contributed by atoms with Gasteiger partial charge in [-0.05, 0) is 49.1 Å². The van der Waals surface area contributed by atoms with Gasteiger partial charge in [-0.1, -0.05) is 6.07 Å². The number of carbonyl (C=O) groups excluding carboxylic acids is 1. The predicted octanol–water partition coefficient (Wildman–Crippen LogP) is 3.04. The molecule has 1 spiro atoms. The summed E-state index contributed by atoms with van der Waals surface area (Å²) < 4.78 is 82.5. The molecular formula is C22H21F4N3O4S. The van der Waals surface area contributed by atoms with Crippen LogP contribution in [0, 0.1) is 12.7 Å². The predicted molar refractivity (Wildman–Crippen MR) is 115 cm³/mol. The molecule has 1 fully saturated rings. The first-order valence-corrected chi connectivity index (χ1v) is 12.0. The topological polar surface area (TPSA) is 112 Å². The van der Waals surface area contributed by atoms with Crippen molar-refractivity contribution in [1.82, 2.24) is 4.98 Å². The largest absolute Gasteiger partial charge is 0.433 e. The molecule has 182 valence electrons. The highest BCUT2D eigenvalue weighted by Crippen LogP contribution is 2.50. The number of amidine groups is 1. The highest BCUT2D eigenvalue weighted by Gasteiger charge is 2.63. The molecule has 1 aromatic heterocycles. The molecule has 0 unspecified atom stereocenters. The zero-order valence-corrected chi connectivity index (χ0v) is 18.8. The number of hydrogen-bond acceptors (Lipinski definition) is 7. The molecule has 2 aliphatic rings. The van der Waals surface area contributed by atoms with Gasteiger partial charge in [-0.2, -0.15) is 8.78 Å². The standard InChI is InChI=1S/C22H21F4N3O4S/c1-12-6-14(33-20(25)26)9-28-18(12)17(30)8-13-2-3-16(24)15(7-13)21(10-23)11-34(31,32)22(4-5-22)19(27)29-21/h2-3,6-7,9,20H,4-5,8,10-11H2,1H3,(H2,27,29)/t21-/m0/s1. The third kappa shape index (κ3) is 4.04. The summed E-state index contributed by atoms with van der Waals surface area (Å²) in [6.45, 7) is -2.85. The van der Waals surface area contributed by atoms with E-state index in [1.54, 1.807) is 0 Å². The van der Waals surface area contributed by atoms with Crippen molar-refractivity contribution in [2.75, 3.05) is 12.4 Å². The number of nitrogens with zero attached hydrogens (tertiary/aromatic N) is 2. The molecule has 2 N–H and O–H groups in total. The molecular weight excluding hydrogens is 478 g/mol. The normalized spacial score (nSPS) is 22.5. The number of halogens is 4. The van der Waals surface area contributed by atoms with E-state index in [0.29, 0.717) is 0 Å². The minimum atomic E-state index is -3.89. The van der Waals surface area contributed by atoms with Gasteiger partial charge in [0.1, 0.15) is 40.1 Å². The number of benzene rings is 1. The first-order valence-electron chi connectivity index (χ1n) is 10.3. The molecule has 0 bridgehead atoms. The fraction of sp³-hybridized carbons (Fsp3) is 0.409. The highest BCUT2D eigenvalue weighted by atomic mass is 32.2. The first kappa shape index (κ1) is 24.1. The Balaban J connectivity index is 1.65. The van der Waals surface area contributed by atoms with Gasteiger partial charge in [0.25, 0.3) is 0 Å². The summed E-state index contributed by atoms with van der Waals surface area (Å²) in [6, 6.07) is 4.75. The van der Waals surface area contributed by atoms with Gasteiger partial charge in [-0.25, -0.2) is 22.2 Å². The van der Waals surface area contributed by atoms with Crippen LogP contribution < -0.4 is 10.5 Å². The number of aryl methyl sites for hydroxylation is 1. The molecule has 0 radical (unpaired) electrons. The van der Waals surface area contributed by atoms with E-state index in [-0.39, 0.29) is 53.2 Å². The number of carbonyl (C=O) groups is 1. The first-order chi connectivity index (χ1) is 15.9. The maximum absolute atomic E-state index is 14.8. The molecule has 1 aliphatic carbocycles. The number of aromatic nitrogens is 1. The zero-order chi connectivity index (χ0) is 24.9. The number of Topliss-reactive ketones (excluding diaryl/α,β-unsaturated/α-hetero) is 1. The van der Waals surface area contributed by atoms with Gasteiger partial charge in [-0.15, -0.1) is 0 Å². The molecule has 7 nitrogen and oxygen atoms in total. The minimum absolute atomic E-state index is 0.00844. The molecule has 1 saturated carbocycles. The zero-order valence-electron chi connectivity index (χ0n) is 18.0. The number of sulfone groups is 1. The Labute approximate surface area is 193 Å². The lowest BCUT2D eigenvalue weighted by atomic mass is 9.90. The molecule has 0 amide bonds. The lowest BCUT2D eigenvalue weighted by Gasteiger charge is -2.35. The number of hydrogen-bond donors (Lipinski definition) is 1. The molecule has 12 heteroatoms. The van der Waals surface area contributed by atoms with Crippen LogP contribution >= 0.6 is 0 Å². The molecule has 1 aromatic carbocycles. The van der Waals surface area contributed by atoms with Crippen LogP contribution in [0.1, 0.15) is 40.0 Å². The average molecular weight is 499 g/mol. The van der Waals surface area contributed by atoms with Crippen molar-refractivity contribution >= 4 is 21.5 Å². The van der Waals surface area contributed by atoms with Crippen LogP contribution in [0.25, 0.3) is 0 Å². The SMILES string of the molecule is Cc1cc(OC(F)F)cnc1C(=O)Cc1ccc(F)c([C@]2(CF)CS(=O)(=O)C3(CC3)C(N)=N2)c1. The summed E-state index contributed by atoms with van der Waals surface area (Å²) >= 11 is 0.